The second kappa shape index (κ2) is 7.88. The Bertz CT molecular complexity index is 868. The van der Waals surface area contributed by atoms with E-state index in [9.17, 15) is 14.7 Å². The van der Waals surface area contributed by atoms with Crippen LogP contribution in [0, 0.1) is 0 Å². The zero-order valence-electron chi connectivity index (χ0n) is 13.5. The van der Waals surface area contributed by atoms with Gasteiger partial charge >= 0.3 is 5.97 Å². The Morgan fingerprint density at radius 1 is 1.23 bits per heavy atom. The van der Waals surface area contributed by atoms with E-state index in [-0.39, 0.29) is 30.2 Å². The Morgan fingerprint density at radius 3 is 2.73 bits per heavy atom. The first-order valence-electron chi connectivity index (χ1n) is 7.75. The maximum absolute atomic E-state index is 12.4. The van der Waals surface area contributed by atoms with Gasteiger partial charge in [-0.25, -0.2) is 4.79 Å². The fourth-order valence-electron chi connectivity index (χ4n) is 2.43. The summed E-state index contributed by atoms with van der Waals surface area (Å²) in [5.74, 6) is -1.51. The number of aromatic carboxylic acids is 1. The lowest BCUT2D eigenvalue weighted by Crippen LogP contribution is -2.42. The van der Waals surface area contributed by atoms with Gasteiger partial charge in [0.1, 0.15) is 19.3 Å². The molecule has 0 aromatic heterocycles. The minimum absolute atomic E-state index is 0.0566. The van der Waals surface area contributed by atoms with Gasteiger partial charge in [0.2, 0.25) is 0 Å². The Balaban J connectivity index is 1.65. The van der Waals surface area contributed by atoms with E-state index in [4.69, 9.17) is 21.2 Å². The number of ether oxygens (including phenoxy) is 1. The fraction of sp³-hybridized carbons (Fsp3) is 0.167. The molecule has 134 valence electrons. The van der Waals surface area contributed by atoms with Gasteiger partial charge in [-0.3, -0.25) is 4.79 Å². The van der Waals surface area contributed by atoms with Gasteiger partial charge in [0.25, 0.3) is 11.8 Å². The Labute approximate surface area is 154 Å². The number of carboxylic acid groups (broad SMARTS) is 1. The standard InChI is InChI=1S/C18H15ClN2O5/c19-12-5-3-4-11(8-12)9-25-17-15(10-26-21-17)20-16(22)13-6-1-2-7-14(13)18(23)24/h1-8,15H,9-10H2,(H,20,22)(H,23,24)/t15-/m1/s1. The molecule has 1 heterocycles. The molecule has 8 heteroatoms. The van der Waals surface area contributed by atoms with Crippen LogP contribution >= 0.6 is 11.6 Å². The Kier molecular flexibility index (Phi) is 5.38. The predicted molar refractivity (Wildman–Crippen MR) is 94.3 cm³/mol. The van der Waals surface area contributed by atoms with E-state index in [1.54, 1.807) is 30.3 Å². The minimum atomic E-state index is -1.18. The third-order valence-electron chi connectivity index (χ3n) is 3.68. The molecule has 1 atom stereocenters. The third kappa shape index (κ3) is 4.12. The number of nitrogens with zero attached hydrogens (tertiary/aromatic N) is 1. The topological polar surface area (TPSA) is 97.2 Å². The molecule has 7 nitrogen and oxygen atoms in total. The van der Waals surface area contributed by atoms with Crippen molar-refractivity contribution in [1.82, 2.24) is 5.32 Å². The molecule has 0 unspecified atom stereocenters. The van der Waals surface area contributed by atoms with Gasteiger partial charge in [0.05, 0.1) is 11.1 Å². The van der Waals surface area contributed by atoms with Crippen molar-refractivity contribution in [2.75, 3.05) is 6.61 Å². The van der Waals surface area contributed by atoms with Crippen LogP contribution < -0.4 is 5.32 Å². The lowest BCUT2D eigenvalue weighted by atomic mass is 10.1. The van der Waals surface area contributed by atoms with Crippen molar-refractivity contribution in [3.8, 4) is 0 Å². The zero-order valence-corrected chi connectivity index (χ0v) is 14.3. The van der Waals surface area contributed by atoms with Gasteiger partial charge < -0.3 is 20.0 Å². The Hall–Kier alpha value is -3.06. The lowest BCUT2D eigenvalue weighted by molar-refractivity contribution is 0.0690. The molecule has 1 amide bonds. The number of halogens is 1. The summed E-state index contributed by atoms with van der Waals surface area (Å²) in [6.45, 7) is 0.312. The summed E-state index contributed by atoms with van der Waals surface area (Å²) >= 11 is 5.93. The largest absolute Gasteiger partial charge is 0.478 e. The van der Waals surface area contributed by atoms with Gasteiger partial charge in [0.15, 0.2) is 0 Å². The molecule has 3 rings (SSSR count). The van der Waals surface area contributed by atoms with E-state index in [1.165, 1.54) is 12.1 Å². The van der Waals surface area contributed by atoms with Gasteiger partial charge in [-0.2, -0.15) is 0 Å². The molecule has 0 fully saturated rings. The molecule has 0 radical (unpaired) electrons. The van der Waals surface area contributed by atoms with Crippen LogP contribution in [0.4, 0.5) is 0 Å². The van der Waals surface area contributed by atoms with Crippen molar-refractivity contribution in [2.45, 2.75) is 12.6 Å². The first-order valence-corrected chi connectivity index (χ1v) is 8.12. The second-order valence-corrected chi connectivity index (χ2v) is 5.96. The van der Waals surface area contributed by atoms with Crippen LogP contribution in [0.5, 0.6) is 0 Å². The molecule has 0 saturated carbocycles. The highest BCUT2D eigenvalue weighted by molar-refractivity contribution is 6.30. The number of amides is 1. The average Bonchev–Trinajstić information content (AvgIpc) is 3.07. The molecule has 2 aromatic carbocycles. The van der Waals surface area contributed by atoms with E-state index in [0.717, 1.165) is 5.56 Å². The highest BCUT2D eigenvalue weighted by Gasteiger charge is 2.28. The monoisotopic (exact) mass is 374 g/mol. The molecule has 26 heavy (non-hydrogen) atoms. The van der Waals surface area contributed by atoms with E-state index < -0.39 is 17.9 Å². The second-order valence-electron chi connectivity index (χ2n) is 5.52. The first kappa shape index (κ1) is 17.8. The molecule has 1 aliphatic heterocycles. The van der Waals surface area contributed by atoms with Crippen LogP contribution in [-0.4, -0.2) is 35.5 Å². The molecule has 2 aromatic rings. The number of hydrogen-bond acceptors (Lipinski definition) is 5. The number of benzene rings is 2. The highest BCUT2D eigenvalue weighted by Crippen LogP contribution is 2.14. The first-order chi connectivity index (χ1) is 12.5. The normalized spacial score (nSPS) is 15.7. The Morgan fingerprint density at radius 2 is 2.00 bits per heavy atom. The number of carboxylic acids is 1. The number of carbonyl (C=O) groups is 2. The van der Waals surface area contributed by atoms with E-state index >= 15 is 0 Å². The molecule has 0 saturated heterocycles. The smallest absolute Gasteiger partial charge is 0.336 e. The summed E-state index contributed by atoms with van der Waals surface area (Å²) in [7, 11) is 0. The van der Waals surface area contributed by atoms with Gasteiger partial charge in [-0.05, 0) is 35.0 Å². The quantitative estimate of drug-likeness (QED) is 0.838. The number of nitrogens with one attached hydrogen (secondary N) is 1. The van der Waals surface area contributed by atoms with Crippen molar-refractivity contribution < 1.29 is 24.3 Å². The van der Waals surface area contributed by atoms with Crippen LogP contribution in [0.3, 0.4) is 0 Å². The zero-order chi connectivity index (χ0) is 18.5. The average molecular weight is 375 g/mol. The summed E-state index contributed by atoms with van der Waals surface area (Å²) in [6.07, 6.45) is 0. The lowest BCUT2D eigenvalue weighted by Gasteiger charge is -2.14. The molecule has 0 bridgehead atoms. The van der Waals surface area contributed by atoms with Crippen molar-refractivity contribution >= 4 is 29.4 Å². The van der Waals surface area contributed by atoms with Gasteiger partial charge in [-0.15, -0.1) is 0 Å². The fourth-order valence-corrected chi connectivity index (χ4v) is 2.64. The van der Waals surface area contributed by atoms with E-state index in [1.807, 2.05) is 6.07 Å². The van der Waals surface area contributed by atoms with E-state index in [0.29, 0.717) is 5.02 Å². The molecular weight excluding hydrogens is 360 g/mol. The number of oxime groups is 1. The summed E-state index contributed by atoms with van der Waals surface area (Å²) in [5, 5.41) is 16.3. The summed E-state index contributed by atoms with van der Waals surface area (Å²) in [6, 6.07) is 12.5. The number of hydrogen-bond donors (Lipinski definition) is 2. The minimum Gasteiger partial charge on any atom is -0.478 e. The molecule has 0 spiro atoms. The third-order valence-corrected chi connectivity index (χ3v) is 3.91. The van der Waals surface area contributed by atoms with Crippen LogP contribution in [-0.2, 0) is 16.2 Å². The summed E-state index contributed by atoms with van der Waals surface area (Å²) < 4.78 is 5.61. The highest BCUT2D eigenvalue weighted by atomic mass is 35.5. The van der Waals surface area contributed by atoms with Crippen LogP contribution in [0.15, 0.2) is 53.7 Å². The van der Waals surface area contributed by atoms with Gasteiger partial charge in [0, 0.05) is 5.02 Å². The maximum Gasteiger partial charge on any atom is 0.336 e. The van der Waals surface area contributed by atoms with Crippen LogP contribution in [0.25, 0.3) is 0 Å². The van der Waals surface area contributed by atoms with Crippen LogP contribution in [0.2, 0.25) is 5.02 Å². The predicted octanol–water partition coefficient (Wildman–Crippen LogP) is 2.70. The van der Waals surface area contributed by atoms with Gasteiger partial charge in [-0.1, -0.05) is 35.9 Å². The molecule has 2 N–H and O–H groups in total. The molecule has 1 aliphatic rings. The van der Waals surface area contributed by atoms with Crippen molar-refractivity contribution in [3.63, 3.8) is 0 Å². The van der Waals surface area contributed by atoms with E-state index in [2.05, 4.69) is 10.5 Å². The van der Waals surface area contributed by atoms with Crippen molar-refractivity contribution in [3.05, 3.63) is 70.2 Å². The van der Waals surface area contributed by atoms with Crippen molar-refractivity contribution in [1.29, 1.82) is 0 Å². The SMILES string of the molecule is O=C(O)c1ccccc1C(=O)N[C@@H]1CON=C1OCc1cccc(Cl)c1. The molecular formula is C18H15ClN2O5. The van der Waals surface area contributed by atoms with Crippen LogP contribution in [0.1, 0.15) is 26.3 Å². The maximum atomic E-state index is 12.4. The summed E-state index contributed by atoms with van der Waals surface area (Å²) in [5.41, 5.74) is 0.816. The number of carbonyl (C=O) groups excluding carboxylic acids is 1. The number of rotatable bonds is 5. The molecule has 0 aliphatic carbocycles. The van der Waals surface area contributed by atoms with Crippen molar-refractivity contribution in [2.24, 2.45) is 5.16 Å². The summed E-state index contributed by atoms with van der Waals surface area (Å²) in [4.78, 5) is 28.7.